The van der Waals surface area contributed by atoms with E-state index < -0.39 is 0 Å². The minimum atomic E-state index is 0.0306. The van der Waals surface area contributed by atoms with Crippen molar-refractivity contribution in [1.29, 1.82) is 0 Å². The Kier molecular flexibility index (Phi) is 7.91. The monoisotopic (exact) mass is 494 g/mol. The number of anilines is 1. The highest BCUT2D eigenvalue weighted by molar-refractivity contribution is 5.65. The Balaban J connectivity index is 1.52. The van der Waals surface area contributed by atoms with Gasteiger partial charge in [-0.1, -0.05) is 13.8 Å². The molecule has 1 aliphatic rings. The molecule has 36 heavy (non-hydrogen) atoms. The van der Waals surface area contributed by atoms with Gasteiger partial charge in [-0.3, -0.25) is 9.48 Å². The molecular weight excluding hydrogens is 456 g/mol. The van der Waals surface area contributed by atoms with Gasteiger partial charge in [0.2, 0.25) is 5.75 Å². The minimum Gasteiger partial charge on any atom is -0.493 e. The van der Waals surface area contributed by atoms with E-state index in [0.717, 1.165) is 36.8 Å². The van der Waals surface area contributed by atoms with Crippen LogP contribution >= 0.6 is 0 Å². The van der Waals surface area contributed by atoms with Crippen molar-refractivity contribution in [2.24, 2.45) is 13.0 Å². The van der Waals surface area contributed by atoms with Crippen LogP contribution < -0.4 is 25.1 Å². The third kappa shape index (κ3) is 5.53. The summed E-state index contributed by atoms with van der Waals surface area (Å²) in [5.74, 6) is 2.75. The van der Waals surface area contributed by atoms with E-state index in [2.05, 4.69) is 36.4 Å². The van der Waals surface area contributed by atoms with Crippen LogP contribution in [0.1, 0.15) is 51.0 Å². The van der Waals surface area contributed by atoms with Gasteiger partial charge in [0, 0.05) is 43.2 Å². The average Bonchev–Trinajstić information content (AvgIpc) is 3.31. The van der Waals surface area contributed by atoms with Crippen molar-refractivity contribution in [3.8, 4) is 28.4 Å². The first kappa shape index (κ1) is 25.7. The van der Waals surface area contributed by atoms with Crippen LogP contribution in [0.3, 0.4) is 0 Å². The molecule has 2 heterocycles. The van der Waals surface area contributed by atoms with Crippen LogP contribution in [-0.2, 0) is 13.6 Å². The van der Waals surface area contributed by atoms with Gasteiger partial charge in [-0.15, -0.1) is 0 Å². The van der Waals surface area contributed by atoms with Crippen LogP contribution in [0.4, 0.5) is 5.69 Å². The lowest BCUT2D eigenvalue weighted by atomic mass is 9.81. The van der Waals surface area contributed by atoms with E-state index >= 15 is 0 Å². The number of benzene rings is 1. The van der Waals surface area contributed by atoms with Gasteiger partial charge < -0.3 is 24.1 Å². The Bertz CT molecular complexity index is 1210. The van der Waals surface area contributed by atoms with Gasteiger partial charge in [-0.2, -0.15) is 5.10 Å². The van der Waals surface area contributed by atoms with E-state index in [1.165, 1.54) is 5.56 Å². The molecule has 3 aromatic rings. The van der Waals surface area contributed by atoms with Gasteiger partial charge in [0.1, 0.15) is 5.69 Å². The molecular formula is C28H38N4O4. The quantitative estimate of drug-likeness (QED) is 0.448. The van der Waals surface area contributed by atoms with E-state index in [0.29, 0.717) is 41.3 Å². The zero-order valence-electron chi connectivity index (χ0n) is 22.2. The molecule has 1 fully saturated rings. The van der Waals surface area contributed by atoms with E-state index in [-0.39, 0.29) is 11.6 Å². The summed E-state index contributed by atoms with van der Waals surface area (Å²) in [6.07, 6.45) is 9.74. The van der Waals surface area contributed by atoms with Gasteiger partial charge in [0.15, 0.2) is 11.5 Å². The first-order valence-electron chi connectivity index (χ1n) is 12.6. The Morgan fingerprint density at radius 2 is 1.64 bits per heavy atom. The molecule has 1 N–H and O–H groups in total. The number of hydrogen-bond donors (Lipinski definition) is 1. The zero-order chi connectivity index (χ0) is 25.8. The summed E-state index contributed by atoms with van der Waals surface area (Å²) < 4.78 is 20.2. The predicted octanol–water partition coefficient (Wildman–Crippen LogP) is 5.07. The highest BCUT2D eigenvalue weighted by Gasteiger charge is 2.26. The molecule has 0 saturated heterocycles. The number of nitrogens with one attached hydrogen (secondary N) is 1. The fraction of sp³-hybridized carbons (Fsp3) is 0.500. The lowest BCUT2D eigenvalue weighted by molar-refractivity contribution is 0.322. The van der Waals surface area contributed by atoms with Crippen LogP contribution in [0.5, 0.6) is 17.2 Å². The number of aromatic nitrogens is 3. The van der Waals surface area contributed by atoms with E-state index in [4.69, 9.17) is 14.2 Å². The third-order valence-electron chi connectivity index (χ3n) is 6.93. The highest BCUT2D eigenvalue weighted by atomic mass is 16.5. The smallest absolute Gasteiger partial charge is 0.273 e. The van der Waals surface area contributed by atoms with Gasteiger partial charge in [0.25, 0.3) is 5.56 Å². The summed E-state index contributed by atoms with van der Waals surface area (Å²) in [5.41, 5.74) is 3.89. The lowest BCUT2D eigenvalue weighted by Gasteiger charge is -2.30. The van der Waals surface area contributed by atoms with Gasteiger partial charge in [0.05, 0.1) is 27.5 Å². The van der Waals surface area contributed by atoms with E-state index in [1.54, 1.807) is 26.0 Å². The topological polar surface area (TPSA) is 79.5 Å². The molecule has 1 aliphatic carbocycles. The van der Waals surface area contributed by atoms with Crippen LogP contribution in [0.2, 0.25) is 0 Å². The molecule has 0 spiro atoms. The second-order valence-corrected chi connectivity index (χ2v) is 10.0. The Hall–Kier alpha value is -3.42. The van der Waals surface area contributed by atoms with Crippen LogP contribution in [0.25, 0.3) is 11.1 Å². The average molecular weight is 495 g/mol. The minimum absolute atomic E-state index is 0.0306. The number of pyridine rings is 1. The number of hydrogen-bond acceptors (Lipinski definition) is 6. The summed E-state index contributed by atoms with van der Waals surface area (Å²) in [4.78, 5) is 13.3. The molecule has 194 valence electrons. The standard InChI is InChI=1S/C28H38N4O4/c1-18(2)15-32-17-21(22-14-29-31(3)16-22)11-24(28(32)33)30-23-9-7-19(8-10-23)20-12-25(34-4)27(36-6)26(13-20)35-5/h11-14,16-19,23,30H,7-10,15H2,1-6H3/t19-,23+. The Morgan fingerprint density at radius 1 is 0.972 bits per heavy atom. The molecule has 0 amide bonds. The van der Waals surface area contributed by atoms with Gasteiger partial charge >= 0.3 is 0 Å². The molecule has 1 saturated carbocycles. The zero-order valence-corrected chi connectivity index (χ0v) is 22.2. The van der Waals surface area contributed by atoms with E-state index in [9.17, 15) is 4.79 Å². The van der Waals surface area contributed by atoms with Crippen LogP contribution in [0, 0.1) is 5.92 Å². The summed E-state index contributed by atoms with van der Waals surface area (Å²) in [6, 6.07) is 6.33. The lowest BCUT2D eigenvalue weighted by Crippen LogP contribution is -2.31. The van der Waals surface area contributed by atoms with Crippen molar-refractivity contribution in [2.45, 2.75) is 58.0 Å². The number of nitrogens with zero attached hydrogens (tertiary/aromatic N) is 3. The van der Waals surface area contributed by atoms with Crippen molar-refractivity contribution < 1.29 is 14.2 Å². The fourth-order valence-corrected chi connectivity index (χ4v) is 5.12. The summed E-state index contributed by atoms with van der Waals surface area (Å²) in [6.45, 7) is 4.93. The van der Waals surface area contributed by atoms with Gasteiger partial charge in [-0.25, -0.2) is 0 Å². The molecule has 0 aliphatic heterocycles. The predicted molar refractivity (Wildman–Crippen MR) is 142 cm³/mol. The SMILES string of the molecule is COc1cc([C@H]2CC[C@@H](Nc3cc(-c4cnn(C)c4)cn(CC(C)C)c3=O)CC2)cc(OC)c1OC. The summed E-state index contributed by atoms with van der Waals surface area (Å²) in [5, 5.41) is 7.89. The molecule has 1 aromatic carbocycles. The van der Waals surface area contributed by atoms with Gasteiger partial charge in [-0.05, 0) is 61.3 Å². The second kappa shape index (κ2) is 11.1. The normalized spacial score (nSPS) is 17.8. The fourth-order valence-electron chi connectivity index (χ4n) is 5.12. The van der Waals surface area contributed by atoms with Crippen molar-refractivity contribution >= 4 is 5.69 Å². The molecule has 0 radical (unpaired) electrons. The number of rotatable bonds is 9. The molecule has 0 unspecified atom stereocenters. The van der Waals surface area contributed by atoms with E-state index in [1.807, 2.05) is 36.3 Å². The molecule has 0 atom stereocenters. The number of aryl methyl sites for hydroxylation is 1. The number of methoxy groups -OCH3 is 3. The van der Waals surface area contributed by atoms with Crippen molar-refractivity contribution in [1.82, 2.24) is 14.3 Å². The molecule has 8 nitrogen and oxygen atoms in total. The molecule has 2 aromatic heterocycles. The maximum Gasteiger partial charge on any atom is 0.273 e. The van der Waals surface area contributed by atoms with Crippen molar-refractivity contribution in [3.05, 3.63) is 52.7 Å². The number of ether oxygens (including phenoxy) is 3. The Morgan fingerprint density at radius 3 is 2.17 bits per heavy atom. The molecule has 8 heteroatoms. The van der Waals surface area contributed by atoms with Crippen molar-refractivity contribution in [2.75, 3.05) is 26.6 Å². The first-order valence-corrected chi connectivity index (χ1v) is 12.6. The third-order valence-corrected chi connectivity index (χ3v) is 6.93. The molecule has 0 bridgehead atoms. The second-order valence-electron chi connectivity index (χ2n) is 10.0. The van der Waals surface area contributed by atoms with Crippen LogP contribution in [-0.4, -0.2) is 41.7 Å². The highest BCUT2D eigenvalue weighted by Crippen LogP contribution is 2.43. The summed E-state index contributed by atoms with van der Waals surface area (Å²) >= 11 is 0. The van der Waals surface area contributed by atoms with Crippen molar-refractivity contribution in [3.63, 3.8) is 0 Å². The maximum absolute atomic E-state index is 13.3. The first-order chi connectivity index (χ1) is 17.3. The molecule has 4 rings (SSSR count). The largest absolute Gasteiger partial charge is 0.493 e. The Labute approximate surface area is 213 Å². The van der Waals surface area contributed by atoms with Crippen LogP contribution in [0.15, 0.2) is 41.6 Å². The summed E-state index contributed by atoms with van der Waals surface area (Å²) in [7, 11) is 6.82. The maximum atomic E-state index is 13.3.